The molecule has 0 fully saturated rings. The topological polar surface area (TPSA) is 55.8 Å². The van der Waals surface area contributed by atoms with Crippen LogP contribution >= 0.6 is 0 Å². The number of benzene rings is 2. The number of aliphatic carboxylic acids is 1. The smallest absolute Gasteiger partial charge is 0.307 e. The lowest BCUT2D eigenvalue weighted by molar-refractivity contribution is -0.135. The SMILES string of the molecule is COc1c(C)ccc(/C=C2\C(C)=C(CC(=O)O)c3cc(F)ccc32)c1OC. The van der Waals surface area contributed by atoms with Crippen molar-refractivity contribution in [2.75, 3.05) is 14.2 Å². The van der Waals surface area contributed by atoms with Gasteiger partial charge in [-0.2, -0.15) is 0 Å². The number of carboxylic acid groups (broad SMARTS) is 1. The van der Waals surface area contributed by atoms with Gasteiger partial charge in [-0.25, -0.2) is 4.39 Å². The van der Waals surface area contributed by atoms with Gasteiger partial charge in [-0.05, 0) is 65.5 Å². The Labute approximate surface area is 157 Å². The molecular weight excluding hydrogens is 347 g/mol. The van der Waals surface area contributed by atoms with E-state index in [1.54, 1.807) is 20.3 Å². The Morgan fingerprint density at radius 2 is 1.78 bits per heavy atom. The number of methoxy groups -OCH3 is 2. The summed E-state index contributed by atoms with van der Waals surface area (Å²) in [6, 6.07) is 8.33. The molecule has 0 saturated heterocycles. The highest BCUT2D eigenvalue weighted by atomic mass is 19.1. The fourth-order valence-electron chi connectivity index (χ4n) is 3.54. The number of carbonyl (C=O) groups is 1. The van der Waals surface area contributed by atoms with Crippen LogP contribution in [0.5, 0.6) is 11.5 Å². The number of rotatable bonds is 5. The van der Waals surface area contributed by atoms with Crippen LogP contribution in [0.3, 0.4) is 0 Å². The number of allylic oxidation sites excluding steroid dienone is 2. The quantitative estimate of drug-likeness (QED) is 0.811. The maximum Gasteiger partial charge on any atom is 0.307 e. The second kappa shape index (κ2) is 7.27. The maximum atomic E-state index is 13.8. The van der Waals surface area contributed by atoms with Crippen molar-refractivity contribution in [2.24, 2.45) is 0 Å². The maximum absolute atomic E-state index is 13.8. The number of aryl methyl sites for hydroxylation is 1. The van der Waals surface area contributed by atoms with Gasteiger partial charge in [-0.1, -0.05) is 18.2 Å². The summed E-state index contributed by atoms with van der Waals surface area (Å²) in [5.74, 6) is -0.0830. The fourth-order valence-corrected chi connectivity index (χ4v) is 3.54. The number of fused-ring (bicyclic) bond motifs is 1. The molecular formula is C22H21FO4. The van der Waals surface area contributed by atoms with Crippen molar-refractivity contribution in [3.8, 4) is 11.5 Å². The van der Waals surface area contributed by atoms with Crippen LogP contribution < -0.4 is 9.47 Å². The predicted octanol–water partition coefficient (Wildman–Crippen LogP) is 4.95. The molecule has 1 N–H and O–H groups in total. The van der Waals surface area contributed by atoms with Crippen LogP contribution in [0.4, 0.5) is 4.39 Å². The van der Waals surface area contributed by atoms with Crippen molar-refractivity contribution in [1.29, 1.82) is 0 Å². The lowest BCUT2D eigenvalue weighted by Gasteiger charge is -2.14. The summed E-state index contributed by atoms with van der Waals surface area (Å²) in [5.41, 5.74) is 5.49. The third-order valence-corrected chi connectivity index (χ3v) is 4.83. The number of hydrogen-bond donors (Lipinski definition) is 1. The second-order valence-corrected chi connectivity index (χ2v) is 6.46. The molecule has 5 heteroatoms. The molecule has 4 nitrogen and oxygen atoms in total. The third kappa shape index (κ3) is 3.33. The molecule has 140 valence electrons. The normalized spacial score (nSPS) is 14.5. The lowest BCUT2D eigenvalue weighted by atomic mass is 9.99. The van der Waals surface area contributed by atoms with Gasteiger partial charge in [0.05, 0.1) is 20.6 Å². The average molecular weight is 368 g/mol. The molecule has 0 aliphatic heterocycles. The molecule has 0 spiro atoms. The van der Waals surface area contributed by atoms with Gasteiger partial charge in [0.2, 0.25) is 0 Å². The van der Waals surface area contributed by atoms with Crippen molar-refractivity contribution in [2.45, 2.75) is 20.3 Å². The van der Waals surface area contributed by atoms with Crippen molar-refractivity contribution in [3.63, 3.8) is 0 Å². The highest BCUT2D eigenvalue weighted by molar-refractivity contribution is 6.07. The zero-order valence-electron chi connectivity index (χ0n) is 15.7. The number of halogens is 1. The first-order valence-corrected chi connectivity index (χ1v) is 8.52. The van der Waals surface area contributed by atoms with Crippen molar-refractivity contribution < 1.29 is 23.8 Å². The van der Waals surface area contributed by atoms with Gasteiger partial charge in [-0.3, -0.25) is 4.79 Å². The molecule has 3 rings (SSSR count). The Bertz CT molecular complexity index is 986. The minimum atomic E-state index is -0.949. The van der Waals surface area contributed by atoms with Crippen LogP contribution in [-0.2, 0) is 4.79 Å². The van der Waals surface area contributed by atoms with Crippen LogP contribution in [0.2, 0.25) is 0 Å². The molecule has 0 heterocycles. The number of carboxylic acids is 1. The molecule has 1 aliphatic carbocycles. The van der Waals surface area contributed by atoms with Crippen LogP contribution in [-0.4, -0.2) is 25.3 Å². The van der Waals surface area contributed by atoms with Crippen molar-refractivity contribution in [3.05, 3.63) is 64.0 Å². The molecule has 0 bridgehead atoms. The van der Waals surface area contributed by atoms with Crippen LogP contribution in [0, 0.1) is 12.7 Å². The lowest BCUT2D eigenvalue weighted by Crippen LogP contribution is -1.97. The largest absolute Gasteiger partial charge is 0.493 e. The zero-order chi connectivity index (χ0) is 19.7. The summed E-state index contributed by atoms with van der Waals surface area (Å²) in [5, 5.41) is 9.26. The molecule has 27 heavy (non-hydrogen) atoms. The molecule has 2 aromatic carbocycles. The van der Waals surface area contributed by atoms with Crippen molar-refractivity contribution in [1.82, 2.24) is 0 Å². The van der Waals surface area contributed by atoms with E-state index in [9.17, 15) is 14.3 Å². The van der Waals surface area contributed by atoms with Crippen LogP contribution in [0.25, 0.3) is 17.2 Å². The third-order valence-electron chi connectivity index (χ3n) is 4.83. The summed E-state index contributed by atoms with van der Waals surface area (Å²) >= 11 is 0. The Kier molecular flexibility index (Phi) is 5.04. The van der Waals surface area contributed by atoms with Gasteiger partial charge in [-0.15, -0.1) is 0 Å². The van der Waals surface area contributed by atoms with E-state index in [1.807, 2.05) is 32.1 Å². The first-order chi connectivity index (χ1) is 12.9. The molecule has 0 unspecified atom stereocenters. The van der Waals surface area contributed by atoms with Gasteiger partial charge in [0.1, 0.15) is 5.82 Å². The monoisotopic (exact) mass is 368 g/mol. The van der Waals surface area contributed by atoms with Crippen molar-refractivity contribution >= 4 is 23.2 Å². The minimum Gasteiger partial charge on any atom is -0.493 e. The van der Waals surface area contributed by atoms with E-state index in [0.29, 0.717) is 22.6 Å². The molecule has 1 aliphatic rings. The second-order valence-electron chi connectivity index (χ2n) is 6.46. The average Bonchev–Trinajstić information content (AvgIpc) is 2.87. The van der Waals surface area contributed by atoms with Gasteiger partial charge in [0.15, 0.2) is 11.5 Å². The number of hydrogen-bond acceptors (Lipinski definition) is 3. The van der Waals surface area contributed by atoms with E-state index in [1.165, 1.54) is 12.1 Å². The summed E-state index contributed by atoms with van der Waals surface area (Å²) in [6.45, 7) is 3.79. The molecule has 0 atom stereocenters. The van der Waals surface area contributed by atoms with Gasteiger partial charge in [0.25, 0.3) is 0 Å². The van der Waals surface area contributed by atoms with Gasteiger partial charge < -0.3 is 14.6 Å². The summed E-state index contributed by atoms with van der Waals surface area (Å²) in [7, 11) is 3.17. The summed E-state index contributed by atoms with van der Waals surface area (Å²) < 4.78 is 24.8. The van der Waals surface area contributed by atoms with E-state index in [-0.39, 0.29) is 12.2 Å². The van der Waals surface area contributed by atoms with Crippen LogP contribution in [0.15, 0.2) is 35.9 Å². The zero-order valence-corrected chi connectivity index (χ0v) is 15.7. The molecule has 0 aromatic heterocycles. The van der Waals surface area contributed by atoms with E-state index < -0.39 is 5.97 Å². The molecule has 2 aromatic rings. The predicted molar refractivity (Wildman–Crippen MR) is 103 cm³/mol. The van der Waals surface area contributed by atoms with Gasteiger partial charge in [0, 0.05) is 5.56 Å². The van der Waals surface area contributed by atoms with E-state index in [2.05, 4.69) is 0 Å². The highest BCUT2D eigenvalue weighted by Crippen LogP contribution is 2.45. The Balaban J connectivity index is 2.23. The van der Waals surface area contributed by atoms with Crippen LogP contribution in [0.1, 0.15) is 35.6 Å². The van der Waals surface area contributed by atoms with Gasteiger partial charge >= 0.3 is 5.97 Å². The first kappa shape index (κ1) is 18.7. The standard InChI is InChI=1S/C22H21FO4/c1-12-5-6-14(22(27-4)21(12)26-3)9-17-13(2)18(11-20(24)25)19-10-15(23)7-8-16(17)19/h5-10H,11H2,1-4H3,(H,24,25)/b17-9+. The Morgan fingerprint density at radius 1 is 1.07 bits per heavy atom. The number of ether oxygens (including phenoxy) is 2. The fraction of sp³-hybridized carbons (Fsp3) is 0.227. The highest BCUT2D eigenvalue weighted by Gasteiger charge is 2.26. The van der Waals surface area contributed by atoms with E-state index in [4.69, 9.17) is 9.47 Å². The van der Waals surface area contributed by atoms with E-state index in [0.717, 1.165) is 27.8 Å². The molecule has 0 saturated carbocycles. The van der Waals surface area contributed by atoms with E-state index >= 15 is 0 Å². The summed E-state index contributed by atoms with van der Waals surface area (Å²) in [6.07, 6.45) is 1.77. The molecule has 0 radical (unpaired) electrons. The Morgan fingerprint density at radius 3 is 2.41 bits per heavy atom. The summed E-state index contributed by atoms with van der Waals surface area (Å²) in [4.78, 5) is 11.3. The Hall–Kier alpha value is -3.08. The minimum absolute atomic E-state index is 0.159. The first-order valence-electron chi connectivity index (χ1n) is 8.52. The molecule has 0 amide bonds.